The van der Waals surface area contributed by atoms with Crippen LogP contribution in [0.5, 0.6) is 5.75 Å². The molecule has 29 heavy (non-hydrogen) atoms. The van der Waals surface area contributed by atoms with Gasteiger partial charge in [-0.15, -0.1) is 0 Å². The van der Waals surface area contributed by atoms with Gasteiger partial charge in [0, 0.05) is 18.5 Å². The summed E-state index contributed by atoms with van der Waals surface area (Å²) < 4.78 is 10.8. The molecule has 4 nitrogen and oxygen atoms in total. The third-order valence-electron chi connectivity index (χ3n) is 5.36. The van der Waals surface area contributed by atoms with Gasteiger partial charge in [0.1, 0.15) is 11.9 Å². The second-order valence-corrected chi connectivity index (χ2v) is 7.36. The molecule has 0 bridgehead atoms. The molecular formula is C25H25NO3. The third-order valence-corrected chi connectivity index (χ3v) is 5.36. The van der Waals surface area contributed by atoms with E-state index in [1.165, 1.54) is 23.4 Å². The van der Waals surface area contributed by atoms with Crippen molar-refractivity contribution in [2.45, 2.75) is 31.5 Å². The van der Waals surface area contributed by atoms with Gasteiger partial charge in [-0.1, -0.05) is 48.5 Å². The van der Waals surface area contributed by atoms with Gasteiger partial charge < -0.3 is 14.8 Å². The van der Waals surface area contributed by atoms with Crippen LogP contribution >= 0.6 is 0 Å². The standard InChI is InChI=1S/C25H25NO3/c1-17(23-9-5-7-18-6-3-4-8-24(18)23)26-20-12-15-22(16-20)29-21-13-10-19(11-14-21)25(27)28-2/h3-15,17,20,22,26H,16H2,1-2H3/t17-,20-,22-/m1/s1. The van der Waals surface area contributed by atoms with Crippen molar-refractivity contribution >= 4 is 16.7 Å². The van der Waals surface area contributed by atoms with E-state index in [9.17, 15) is 4.79 Å². The quantitative estimate of drug-likeness (QED) is 0.475. The molecule has 148 valence electrons. The number of carbonyl (C=O) groups is 1. The third kappa shape index (κ3) is 4.33. The Hall–Kier alpha value is -3.11. The Balaban J connectivity index is 1.36. The molecular weight excluding hydrogens is 362 g/mol. The molecule has 0 aliphatic heterocycles. The van der Waals surface area contributed by atoms with Crippen LogP contribution in [-0.2, 0) is 4.74 Å². The summed E-state index contributed by atoms with van der Waals surface area (Å²) in [5.41, 5.74) is 1.82. The van der Waals surface area contributed by atoms with Gasteiger partial charge in [0.25, 0.3) is 0 Å². The van der Waals surface area contributed by atoms with Crippen molar-refractivity contribution in [3.05, 3.63) is 90.0 Å². The van der Waals surface area contributed by atoms with E-state index in [2.05, 4.69) is 66.9 Å². The van der Waals surface area contributed by atoms with Gasteiger partial charge in [0.15, 0.2) is 0 Å². The first kappa shape index (κ1) is 19.2. The number of ether oxygens (including phenoxy) is 2. The van der Waals surface area contributed by atoms with Crippen molar-refractivity contribution in [1.29, 1.82) is 0 Å². The highest BCUT2D eigenvalue weighted by Crippen LogP contribution is 2.26. The summed E-state index contributed by atoms with van der Waals surface area (Å²) in [5.74, 6) is 0.402. The highest BCUT2D eigenvalue weighted by molar-refractivity contribution is 5.89. The van der Waals surface area contributed by atoms with E-state index in [4.69, 9.17) is 9.47 Å². The predicted molar refractivity (Wildman–Crippen MR) is 115 cm³/mol. The lowest BCUT2D eigenvalue weighted by molar-refractivity contribution is 0.0600. The van der Waals surface area contributed by atoms with Gasteiger partial charge in [-0.05, 0) is 53.6 Å². The predicted octanol–water partition coefficient (Wildman–Crippen LogP) is 5.05. The van der Waals surface area contributed by atoms with Crippen LogP contribution in [0.15, 0.2) is 78.9 Å². The summed E-state index contributed by atoms with van der Waals surface area (Å²) >= 11 is 0. The van der Waals surface area contributed by atoms with E-state index in [-0.39, 0.29) is 24.2 Å². The molecule has 0 saturated heterocycles. The zero-order valence-corrected chi connectivity index (χ0v) is 16.7. The van der Waals surface area contributed by atoms with E-state index in [0.29, 0.717) is 5.56 Å². The maximum Gasteiger partial charge on any atom is 0.337 e. The number of nitrogens with one attached hydrogen (secondary N) is 1. The minimum Gasteiger partial charge on any atom is -0.486 e. The van der Waals surface area contributed by atoms with Gasteiger partial charge in [-0.2, -0.15) is 0 Å². The molecule has 1 aliphatic carbocycles. The number of hydrogen-bond donors (Lipinski definition) is 1. The van der Waals surface area contributed by atoms with E-state index < -0.39 is 0 Å². The molecule has 0 radical (unpaired) electrons. The lowest BCUT2D eigenvalue weighted by Crippen LogP contribution is -2.30. The fraction of sp³-hybridized carbons (Fsp3) is 0.240. The Morgan fingerprint density at radius 2 is 1.76 bits per heavy atom. The summed E-state index contributed by atoms with van der Waals surface area (Å²) in [6.45, 7) is 2.20. The first-order valence-electron chi connectivity index (χ1n) is 9.91. The fourth-order valence-corrected chi connectivity index (χ4v) is 3.88. The molecule has 3 aromatic carbocycles. The van der Waals surface area contributed by atoms with Crippen molar-refractivity contribution in [3.8, 4) is 5.75 Å². The number of rotatable bonds is 6. The zero-order valence-electron chi connectivity index (χ0n) is 16.7. The van der Waals surface area contributed by atoms with E-state index in [0.717, 1.165) is 12.2 Å². The molecule has 3 atom stereocenters. The summed E-state index contributed by atoms with van der Waals surface area (Å²) in [6.07, 6.45) is 5.15. The average Bonchev–Trinajstić information content (AvgIpc) is 3.19. The lowest BCUT2D eigenvalue weighted by atomic mass is 9.99. The monoisotopic (exact) mass is 387 g/mol. The summed E-state index contributed by atoms with van der Waals surface area (Å²) in [6, 6.07) is 22.5. The first-order valence-corrected chi connectivity index (χ1v) is 9.91. The van der Waals surface area contributed by atoms with Crippen LogP contribution in [0.4, 0.5) is 0 Å². The van der Waals surface area contributed by atoms with Crippen molar-refractivity contribution in [2.24, 2.45) is 0 Å². The molecule has 0 aromatic heterocycles. The van der Waals surface area contributed by atoms with Crippen LogP contribution in [0.1, 0.15) is 35.3 Å². The number of carbonyl (C=O) groups excluding carboxylic acids is 1. The van der Waals surface area contributed by atoms with Crippen LogP contribution in [-0.4, -0.2) is 25.2 Å². The van der Waals surface area contributed by atoms with Gasteiger partial charge in [0.2, 0.25) is 0 Å². The number of methoxy groups -OCH3 is 1. The summed E-state index contributed by atoms with van der Waals surface area (Å²) in [7, 11) is 1.38. The Morgan fingerprint density at radius 3 is 2.55 bits per heavy atom. The van der Waals surface area contributed by atoms with E-state index in [1.807, 2.05) is 0 Å². The lowest BCUT2D eigenvalue weighted by Gasteiger charge is -2.21. The first-order chi connectivity index (χ1) is 14.1. The van der Waals surface area contributed by atoms with Crippen LogP contribution in [0.25, 0.3) is 10.8 Å². The molecule has 3 aromatic rings. The van der Waals surface area contributed by atoms with Crippen molar-refractivity contribution in [2.75, 3.05) is 7.11 Å². The summed E-state index contributed by atoms with van der Waals surface area (Å²) in [4.78, 5) is 11.5. The van der Waals surface area contributed by atoms with Gasteiger partial charge in [0.05, 0.1) is 12.7 Å². The second-order valence-electron chi connectivity index (χ2n) is 7.36. The van der Waals surface area contributed by atoms with Crippen LogP contribution in [0, 0.1) is 0 Å². The molecule has 0 fully saturated rings. The Morgan fingerprint density at radius 1 is 1.00 bits per heavy atom. The molecule has 0 spiro atoms. The largest absolute Gasteiger partial charge is 0.486 e. The van der Waals surface area contributed by atoms with Gasteiger partial charge in [-0.3, -0.25) is 0 Å². The highest BCUT2D eigenvalue weighted by atomic mass is 16.5. The van der Waals surface area contributed by atoms with Crippen LogP contribution in [0.2, 0.25) is 0 Å². The smallest absolute Gasteiger partial charge is 0.337 e. The fourth-order valence-electron chi connectivity index (χ4n) is 3.88. The molecule has 0 heterocycles. The average molecular weight is 387 g/mol. The molecule has 1 N–H and O–H groups in total. The van der Waals surface area contributed by atoms with Crippen LogP contribution in [0.3, 0.4) is 0 Å². The summed E-state index contributed by atoms with van der Waals surface area (Å²) in [5, 5.41) is 6.26. The van der Waals surface area contributed by atoms with E-state index in [1.54, 1.807) is 24.3 Å². The molecule has 4 heteroatoms. The molecule has 0 amide bonds. The SMILES string of the molecule is COC(=O)c1ccc(O[C@@H]2C=C[C@@H](N[C@H](C)c3cccc4ccccc34)C2)cc1. The minimum absolute atomic E-state index is 0.0104. The molecule has 1 aliphatic rings. The highest BCUT2D eigenvalue weighted by Gasteiger charge is 2.22. The van der Waals surface area contributed by atoms with E-state index >= 15 is 0 Å². The topological polar surface area (TPSA) is 47.6 Å². The van der Waals surface area contributed by atoms with Crippen molar-refractivity contribution in [1.82, 2.24) is 5.32 Å². The van der Waals surface area contributed by atoms with Crippen molar-refractivity contribution in [3.63, 3.8) is 0 Å². The normalized spacial score (nSPS) is 19.2. The zero-order chi connectivity index (χ0) is 20.2. The molecule has 4 rings (SSSR count). The van der Waals surface area contributed by atoms with Crippen molar-refractivity contribution < 1.29 is 14.3 Å². The molecule has 0 saturated carbocycles. The maximum absolute atomic E-state index is 11.5. The van der Waals surface area contributed by atoms with Gasteiger partial charge >= 0.3 is 5.97 Å². The second kappa shape index (κ2) is 8.50. The Bertz CT molecular complexity index is 1020. The van der Waals surface area contributed by atoms with Crippen LogP contribution < -0.4 is 10.1 Å². The Kier molecular flexibility index (Phi) is 5.63. The maximum atomic E-state index is 11.5. The minimum atomic E-state index is -0.344. The molecule has 0 unspecified atom stereocenters. The Labute approximate surface area is 171 Å². The number of fused-ring (bicyclic) bond motifs is 1. The van der Waals surface area contributed by atoms with Gasteiger partial charge in [-0.25, -0.2) is 4.79 Å². The number of hydrogen-bond acceptors (Lipinski definition) is 4. The number of esters is 1. The number of benzene rings is 3.